The molecule has 0 radical (unpaired) electrons. The van der Waals surface area contributed by atoms with Gasteiger partial charge in [0.1, 0.15) is 0 Å². The van der Waals surface area contributed by atoms with Gasteiger partial charge in [0.15, 0.2) is 0 Å². The average molecular weight is 474 g/mol. The molecule has 2 amide bonds. The predicted molar refractivity (Wildman–Crippen MR) is 130 cm³/mol. The largest absolute Gasteiger partial charge is 0.354 e. The van der Waals surface area contributed by atoms with Gasteiger partial charge in [0.2, 0.25) is 5.91 Å². The van der Waals surface area contributed by atoms with Gasteiger partial charge in [-0.05, 0) is 80.4 Å². The number of hydrogen-bond acceptors (Lipinski definition) is 4. The summed E-state index contributed by atoms with van der Waals surface area (Å²) < 4.78 is 0. The van der Waals surface area contributed by atoms with Gasteiger partial charge in [0.05, 0.1) is 6.04 Å². The van der Waals surface area contributed by atoms with Crippen molar-refractivity contribution in [2.24, 2.45) is 11.8 Å². The van der Waals surface area contributed by atoms with Gasteiger partial charge in [0.25, 0.3) is 5.91 Å². The average Bonchev–Trinajstić information content (AvgIpc) is 3.35. The van der Waals surface area contributed by atoms with Crippen molar-refractivity contribution in [3.8, 4) is 0 Å². The van der Waals surface area contributed by atoms with E-state index in [-0.39, 0.29) is 23.8 Å². The fourth-order valence-electron chi connectivity index (χ4n) is 4.69. The van der Waals surface area contributed by atoms with Crippen LogP contribution in [0.5, 0.6) is 0 Å². The molecule has 1 N–H and O–H groups in total. The Balaban J connectivity index is 1.29. The maximum atomic E-state index is 12.9. The Kier molecular flexibility index (Phi) is 7.87. The maximum Gasteiger partial charge on any atom is 0.253 e. The van der Waals surface area contributed by atoms with Crippen molar-refractivity contribution in [3.63, 3.8) is 0 Å². The number of carbonyl (C=O) groups excluding carboxylic acids is 2. The zero-order valence-electron chi connectivity index (χ0n) is 18.6. The molecule has 2 aliphatic heterocycles. The van der Waals surface area contributed by atoms with Crippen LogP contribution in [-0.4, -0.2) is 54.3 Å². The van der Waals surface area contributed by atoms with Crippen LogP contribution in [0.15, 0.2) is 41.8 Å². The van der Waals surface area contributed by atoms with E-state index >= 15 is 0 Å². The van der Waals surface area contributed by atoms with Crippen molar-refractivity contribution in [1.82, 2.24) is 15.1 Å². The first kappa shape index (κ1) is 23.3. The molecule has 2 saturated heterocycles. The maximum absolute atomic E-state index is 12.9. The molecule has 5 nitrogen and oxygen atoms in total. The Labute approximate surface area is 199 Å². The molecule has 1 aromatic carbocycles. The monoisotopic (exact) mass is 473 g/mol. The van der Waals surface area contributed by atoms with E-state index in [1.165, 1.54) is 17.7 Å². The molecule has 0 saturated carbocycles. The minimum atomic E-state index is -0.0327. The predicted octanol–water partition coefficient (Wildman–Crippen LogP) is 4.84. The summed E-state index contributed by atoms with van der Waals surface area (Å²) in [5.41, 5.74) is 0.645. The summed E-state index contributed by atoms with van der Waals surface area (Å²) in [6, 6.07) is 11.5. The third kappa shape index (κ3) is 5.72. The summed E-state index contributed by atoms with van der Waals surface area (Å²) in [4.78, 5) is 31.3. The molecular weight excluding hydrogens is 442 g/mol. The molecule has 3 heterocycles. The molecule has 172 valence electrons. The zero-order valence-corrected chi connectivity index (χ0v) is 20.2. The second-order valence-corrected chi connectivity index (χ2v) is 10.5. The van der Waals surface area contributed by atoms with Gasteiger partial charge >= 0.3 is 0 Å². The van der Waals surface area contributed by atoms with Gasteiger partial charge in [-0.25, -0.2) is 0 Å². The lowest BCUT2D eigenvalue weighted by atomic mass is 9.95. The van der Waals surface area contributed by atoms with E-state index in [2.05, 4.69) is 34.7 Å². The fraction of sp³-hybridized carbons (Fsp3) is 0.520. The summed E-state index contributed by atoms with van der Waals surface area (Å²) in [6.07, 6.45) is 3.85. The summed E-state index contributed by atoms with van der Waals surface area (Å²) >= 11 is 7.69. The molecule has 0 aliphatic carbocycles. The Morgan fingerprint density at radius 1 is 1.06 bits per heavy atom. The first-order valence-corrected chi connectivity index (χ1v) is 12.9. The number of likely N-dealkylation sites (tertiary alicyclic amines) is 2. The Morgan fingerprint density at radius 3 is 2.38 bits per heavy atom. The smallest absolute Gasteiger partial charge is 0.253 e. The lowest BCUT2D eigenvalue weighted by Crippen LogP contribution is -2.45. The standard InChI is InChI=1S/C25H32ClN3O2S/c1-18-8-12-28(13-9-18)22(23-3-2-16-32-23)17-27-24(30)19-10-14-29(15-11-19)25(31)20-4-6-21(26)7-5-20/h2-7,16,18-19,22H,8-15,17H2,1H3,(H,27,30)/t22-/m0/s1. The first-order chi connectivity index (χ1) is 15.5. The molecule has 0 unspecified atom stereocenters. The van der Waals surface area contributed by atoms with E-state index in [0.717, 1.165) is 19.0 Å². The van der Waals surface area contributed by atoms with E-state index in [1.807, 2.05) is 4.90 Å². The number of rotatable bonds is 6. The fourth-order valence-corrected chi connectivity index (χ4v) is 5.68. The number of thiophene rings is 1. The first-order valence-electron chi connectivity index (χ1n) is 11.6. The Morgan fingerprint density at radius 2 is 1.75 bits per heavy atom. The third-order valence-electron chi connectivity index (χ3n) is 6.84. The van der Waals surface area contributed by atoms with Gasteiger partial charge in [0, 0.05) is 41.0 Å². The van der Waals surface area contributed by atoms with Gasteiger partial charge in [-0.15, -0.1) is 11.3 Å². The second kappa shape index (κ2) is 10.8. The van der Waals surface area contributed by atoms with Crippen LogP contribution in [0.3, 0.4) is 0 Å². The van der Waals surface area contributed by atoms with Gasteiger partial charge < -0.3 is 10.2 Å². The van der Waals surface area contributed by atoms with Crippen molar-refractivity contribution in [2.75, 3.05) is 32.7 Å². The van der Waals surface area contributed by atoms with E-state index in [4.69, 9.17) is 11.6 Å². The topological polar surface area (TPSA) is 52.7 Å². The van der Waals surface area contributed by atoms with Crippen LogP contribution in [0.2, 0.25) is 5.02 Å². The molecule has 2 aliphatic rings. The van der Waals surface area contributed by atoms with Crippen LogP contribution < -0.4 is 5.32 Å². The van der Waals surface area contributed by atoms with Gasteiger partial charge in [-0.1, -0.05) is 24.6 Å². The van der Waals surface area contributed by atoms with Gasteiger partial charge in [-0.3, -0.25) is 14.5 Å². The molecular formula is C25H32ClN3O2S. The van der Waals surface area contributed by atoms with E-state index in [9.17, 15) is 9.59 Å². The van der Waals surface area contributed by atoms with Crippen molar-refractivity contribution in [3.05, 3.63) is 57.2 Å². The SMILES string of the molecule is CC1CCN([C@@H](CNC(=O)C2CCN(C(=O)c3ccc(Cl)cc3)CC2)c2cccs2)CC1. The molecule has 1 atom stereocenters. The van der Waals surface area contributed by atoms with Crippen LogP contribution in [0, 0.1) is 11.8 Å². The van der Waals surface area contributed by atoms with E-state index < -0.39 is 0 Å². The number of nitrogens with zero attached hydrogens (tertiary/aromatic N) is 2. The molecule has 0 bridgehead atoms. The minimum Gasteiger partial charge on any atom is -0.354 e. The van der Waals surface area contributed by atoms with E-state index in [1.54, 1.807) is 35.6 Å². The highest BCUT2D eigenvalue weighted by Crippen LogP contribution is 2.29. The minimum absolute atomic E-state index is 0.0117. The number of nitrogens with one attached hydrogen (secondary N) is 1. The zero-order chi connectivity index (χ0) is 22.5. The Hall–Kier alpha value is -1.89. The van der Waals surface area contributed by atoms with Crippen molar-refractivity contribution in [1.29, 1.82) is 0 Å². The number of carbonyl (C=O) groups is 2. The summed E-state index contributed by atoms with van der Waals surface area (Å²) in [5, 5.41) is 5.98. The molecule has 2 aromatic rings. The molecule has 4 rings (SSSR count). The molecule has 1 aromatic heterocycles. The highest BCUT2D eigenvalue weighted by atomic mass is 35.5. The van der Waals surface area contributed by atoms with Crippen LogP contribution in [-0.2, 0) is 4.79 Å². The summed E-state index contributed by atoms with van der Waals surface area (Å²) in [7, 11) is 0. The normalized spacial score (nSPS) is 19.6. The lowest BCUT2D eigenvalue weighted by Gasteiger charge is -2.37. The highest BCUT2D eigenvalue weighted by Gasteiger charge is 2.30. The molecule has 0 spiro atoms. The van der Waals surface area contributed by atoms with Crippen LogP contribution >= 0.6 is 22.9 Å². The van der Waals surface area contributed by atoms with Crippen molar-refractivity contribution in [2.45, 2.75) is 38.6 Å². The van der Waals surface area contributed by atoms with Gasteiger partial charge in [-0.2, -0.15) is 0 Å². The van der Waals surface area contributed by atoms with Crippen LogP contribution in [0.4, 0.5) is 0 Å². The van der Waals surface area contributed by atoms with Crippen LogP contribution in [0.25, 0.3) is 0 Å². The quantitative estimate of drug-likeness (QED) is 0.652. The molecule has 7 heteroatoms. The second-order valence-electron chi connectivity index (χ2n) is 9.07. The van der Waals surface area contributed by atoms with E-state index in [0.29, 0.717) is 43.1 Å². The number of halogens is 1. The van der Waals surface area contributed by atoms with Crippen molar-refractivity contribution >= 4 is 34.8 Å². The van der Waals surface area contributed by atoms with Crippen molar-refractivity contribution < 1.29 is 9.59 Å². The lowest BCUT2D eigenvalue weighted by molar-refractivity contribution is -0.126. The third-order valence-corrected chi connectivity index (χ3v) is 8.07. The molecule has 32 heavy (non-hydrogen) atoms. The summed E-state index contributed by atoms with van der Waals surface area (Å²) in [5.74, 6) is 0.883. The summed E-state index contributed by atoms with van der Waals surface area (Å²) in [6.45, 7) is 6.37. The Bertz CT molecular complexity index is 886. The number of amides is 2. The number of hydrogen-bond donors (Lipinski definition) is 1. The molecule has 2 fully saturated rings. The number of piperidine rings is 2. The highest BCUT2D eigenvalue weighted by molar-refractivity contribution is 7.10. The number of benzene rings is 1. The van der Waals surface area contributed by atoms with Crippen LogP contribution in [0.1, 0.15) is 53.9 Å².